The molecule has 0 amide bonds. The molecule has 0 aliphatic carbocycles. The van der Waals surface area contributed by atoms with Crippen molar-refractivity contribution in [2.24, 2.45) is 0 Å². The van der Waals surface area contributed by atoms with Crippen LogP contribution in [0, 0.1) is 0 Å². The van der Waals surface area contributed by atoms with Gasteiger partial charge in [-0.15, -0.1) is 0 Å². The Balaban J connectivity index is 0. The fourth-order valence-electron chi connectivity index (χ4n) is 1.61. The summed E-state index contributed by atoms with van der Waals surface area (Å²) < 4.78 is 0. The molecule has 0 heterocycles. The summed E-state index contributed by atoms with van der Waals surface area (Å²) in [5, 5.41) is 18.0. The van der Waals surface area contributed by atoms with Crippen molar-refractivity contribution in [3.8, 4) is 0 Å². The van der Waals surface area contributed by atoms with Gasteiger partial charge >= 0.3 is 11.9 Å². The molecule has 4 nitrogen and oxygen atoms in total. The minimum absolute atomic E-state index is 0. The monoisotopic (exact) mass is 280 g/mol. The van der Waals surface area contributed by atoms with E-state index in [1.54, 1.807) is 31.2 Å². The second-order valence-electron chi connectivity index (χ2n) is 3.58. The zero-order valence-electron chi connectivity index (χ0n) is 11.5. The Morgan fingerprint density at radius 1 is 0.947 bits per heavy atom. The molecule has 2 N–H and O–H groups in total. The Hall–Kier alpha value is -0.1000. The first-order valence-corrected chi connectivity index (χ1v) is 5.28. The summed E-state index contributed by atoms with van der Waals surface area (Å²) in [6.45, 7) is 1.64. The topological polar surface area (TPSA) is 74.6 Å². The summed E-state index contributed by atoms with van der Waals surface area (Å²) in [6.07, 6.45) is 0.329. The largest absolute Gasteiger partial charge is 0.478 e. The maximum atomic E-state index is 11.1. The molecule has 0 unspecified atom stereocenters. The molecule has 6 heteroatoms. The second kappa shape index (κ2) is 10.7. The van der Waals surface area contributed by atoms with Crippen LogP contribution in [-0.2, 0) is 16.0 Å². The molecule has 1 aromatic carbocycles. The maximum Gasteiger partial charge on any atom is 0.332 e. The summed E-state index contributed by atoms with van der Waals surface area (Å²) >= 11 is 0. The first-order valence-electron chi connectivity index (χ1n) is 5.28. The van der Waals surface area contributed by atoms with Gasteiger partial charge in [0.15, 0.2) is 0 Å². The van der Waals surface area contributed by atoms with E-state index in [-0.39, 0.29) is 83.1 Å². The molecule has 0 aliphatic heterocycles. The standard InChI is InChI=1S/C13H14O4.2Na/c1-2-10(12(14)15)11(13(16)17)8-9-6-4-3-5-7-9;;/h3-7H,2,8H2,1H3,(H,14,15)(H,16,17);;. The Bertz CT molecular complexity index is 455. The van der Waals surface area contributed by atoms with E-state index in [1.165, 1.54) is 0 Å². The van der Waals surface area contributed by atoms with E-state index in [0.29, 0.717) is 0 Å². The van der Waals surface area contributed by atoms with Gasteiger partial charge in [0.2, 0.25) is 0 Å². The maximum absolute atomic E-state index is 11.1. The SMILES string of the molecule is CCC(C(=O)O)=C(Cc1ccccc1)C(=O)O.[Na].[Na]. The first kappa shape index (κ1) is 21.2. The quantitative estimate of drug-likeness (QED) is 0.630. The Kier molecular flexibility index (Phi) is 11.9. The third-order valence-corrected chi connectivity index (χ3v) is 2.46. The molecule has 1 rings (SSSR count). The van der Waals surface area contributed by atoms with Gasteiger partial charge in [-0.1, -0.05) is 37.3 Å². The Morgan fingerprint density at radius 2 is 1.42 bits per heavy atom. The van der Waals surface area contributed by atoms with Crippen molar-refractivity contribution in [1.29, 1.82) is 0 Å². The minimum atomic E-state index is -1.17. The summed E-state index contributed by atoms with van der Waals surface area (Å²) in [5.74, 6) is -2.34. The molecular formula is C13H14Na2O4. The summed E-state index contributed by atoms with van der Waals surface area (Å²) in [6, 6.07) is 8.96. The zero-order valence-corrected chi connectivity index (χ0v) is 15.5. The van der Waals surface area contributed by atoms with Gasteiger partial charge in [-0.25, -0.2) is 9.59 Å². The molecule has 0 fully saturated rings. The van der Waals surface area contributed by atoms with Gasteiger partial charge < -0.3 is 10.2 Å². The molecule has 0 spiro atoms. The fourth-order valence-corrected chi connectivity index (χ4v) is 1.61. The third-order valence-electron chi connectivity index (χ3n) is 2.46. The van der Waals surface area contributed by atoms with Gasteiger partial charge in [0.05, 0.1) is 5.57 Å². The van der Waals surface area contributed by atoms with Crippen LogP contribution in [0.1, 0.15) is 18.9 Å². The van der Waals surface area contributed by atoms with Crippen molar-refractivity contribution in [2.45, 2.75) is 19.8 Å². The van der Waals surface area contributed by atoms with Crippen molar-refractivity contribution < 1.29 is 19.8 Å². The number of aliphatic carboxylic acids is 2. The van der Waals surface area contributed by atoms with E-state index in [2.05, 4.69) is 0 Å². The van der Waals surface area contributed by atoms with Gasteiger partial charge in [-0.05, 0) is 12.0 Å². The molecule has 1 aromatic rings. The number of hydrogen-bond acceptors (Lipinski definition) is 2. The van der Waals surface area contributed by atoms with Gasteiger partial charge in [-0.3, -0.25) is 0 Å². The molecule has 0 aromatic heterocycles. The van der Waals surface area contributed by atoms with E-state index in [4.69, 9.17) is 10.2 Å². The number of carboxylic acid groups (broad SMARTS) is 2. The predicted molar refractivity (Wildman–Crippen MR) is 74.2 cm³/mol. The van der Waals surface area contributed by atoms with Crippen molar-refractivity contribution in [3.05, 3.63) is 47.0 Å². The van der Waals surface area contributed by atoms with E-state index in [1.807, 2.05) is 6.07 Å². The van der Waals surface area contributed by atoms with Gasteiger partial charge in [0.25, 0.3) is 0 Å². The van der Waals surface area contributed by atoms with Crippen LogP contribution in [0.15, 0.2) is 41.5 Å². The van der Waals surface area contributed by atoms with E-state index in [9.17, 15) is 9.59 Å². The molecule has 0 saturated heterocycles. The first-order chi connectivity index (χ1) is 8.06. The summed E-state index contributed by atoms with van der Waals surface area (Å²) in [7, 11) is 0. The average Bonchev–Trinajstić information content (AvgIpc) is 2.29. The molecule has 19 heavy (non-hydrogen) atoms. The summed E-state index contributed by atoms with van der Waals surface area (Å²) in [4.78, 5) is 22.0. The zero-order chi connectivity index (χ0) is 12.8. The van der Waals surface area contributed by atoms with Gasteiger partial charge in [-0.2, -0.15) is 0 Å². The number of hydrogen-bond donors (Lipinski definition) is 2. The summed E-state index contributed by atoms with van der Waals surface area (Å²) in [5.41, 5.74) is 0.699. The van der Waals surface area contributed by atoms with Crippen LogP contribution in [0.2, 0.25) is 0 Å². The number of benzene rings is 1. The van der Waals surface area contributed by atoms with Crippen LogP contribution in [-0.4, -0.2) is 81.3 Å². The van der Waals surface area contributed by atoms with Crippen LogP contribution in [0.4, 0.5) is 0 Å². The normalized spacial score (nSPS) is 10.6. The second-order valence-corrected chi connectivity index (χ2v) is 3.58. The molecular weight excluding hydrogens is 266 g/mol. The molecule has 0 bridgehead atoms. The van der Waals surface area contributed by atoms with E-state index in [0.717, 1.165) is 5.56 Å². The molecule has 92 valence electrons. The Labute approximate surface area is 156 Å². The molecule has 2 radical (unpaired) electrons. The molecule has 0 atom stereocenters. The van der Waals surface area contributed by atoms with Crippen LogP contribution < -0.4 is 0 Å². The number of carbonyl (C=O) groups is 2. The Morgan fingerprint density at radius 3 is 1.79 bits per heavy atom. The number of rotatable bonds is 5. The predicted octanol–water partition coefficient (Wildman–Crippen LogP) is 1.34. The van der Waals surface area contributed by atoms with Crippen LogP contribution in [0.5, 0.6) is 0 Å². The van der Waals surface area contributed by atoms with Crippen molar-refractivity contribution in [3.63, 3.8) is 0 Å². The van der Waals surface area contributed by atoms with Gasteiger partial charge in [0.1, 0.15) is 0 Å². The van der Waals surface area contributed by atoms with E-state index < -0.39 is 11.9 Å². The third kappa shape index (κ3) is 6.75. The smallest absolute Gasteiger partial charge is 0.332 e. The van der Waals surface area contributed by atoms with Crippen LogP contribution >= 0.6 is 0 Å². The van der Waals surface area contributed by atoms with Gasteiger partial charge in [0, 0.05) is 71.1 Å². The molecule has 0 aliphatic rings. The molecule has 0 saturated carbocycles. The van der Waals surface area contributed by atoms with Crippen molar-refractivity contribution in [1.82, 2.24) is 0 Å². The fraction of sp³-hybridized carbons (Fsp3) is 0.231. The average molecular weight is 280 g/mol. The van der Waals surface area contributed by atoms with Crippen LogP contribution in [0.3, 0.4) is 0 Å². The van der Waals surface area contributed by atoms with Crippen molar-refractivity contribution >= 4 is 71.1 Å². The minimum Gasteiger partial charge on any atom is -0.478 e. The van der Waals surface area contributed by atoms with Crippen molar-refractivity contribution in [2.75, 3.05) is 0 Å². The number of carboxylic acids is 2. The van der Waals surface area contributed by atoms with E-state index >= 15 is 0 Å². The van der Waals surface area contributed by atoms with Crippen LogP contribution in [0.25, 0.3) is 0 Å².